The highest BCUT2D eigenvalue weighted by molar-refractivity contribution is 7.46. The fourth-order valence-electron chi connectivity index (χ4n) is 2.47. The van der Waals surface area contributed by atoms with Crippen LogP contribution in [0.3, 0.4) is 0 Å². The highest BCUT2D eigenvalue weighted by atomic mass is 31.1. The van der Waals surface area contributed by atoms with Gasteiger partial charge in [-0.05, 0) is 41.1 Å². The molecule has 0 heterocycles. The molecule has 0 saturated heterocycles. The van der Waals surface area contributed by atoms with E-state index in [4.69, 9.17) is 4.74 Å². The molecule has 0 aromatic heterocycles. The Morgan fingerprint density at radius 3 is 1.57 bits per heavy atom. The first-order valence-corrected chi connectivity index (χ1v) is 9.18. The van der Waals surface area contributed by atoms with Gasteiger partial charge < -0.3 is 4.74 Å². The van der Waals surface area contributed by atoms with Crippen LogP contribution >= 0.6 is 8.20 Å². The number of ether oxygens (including phenoxy) is 1. The maximum atomic E-state index is 5.05. The lowest BCUT2D eigenvalue weighted by molar-refractivity contribution is 0.344. The summed E-state index contributed by atoms with van der Waals surface area (Å²) in [5, 5.41) is 1.37. The van der Waals surface area contributed by atoms with Crippen molar-refractivity contribution in [2.75, 3.05) is 7.11 Å². The van der Waals surface area contributed by atoms with Gasteiger partial charge in [0.1, 0.15) is 6.26 Å². The van der Waals surface area contributed by atoms with Crippen LogP contribution in [0.1, 0.15) is 79.0 Å². The first kappa shape index (κ1) is 20.0. The molecule has 0 spiro atoms. The van der Waals surface area contributed by atoms with Gasteiger partial charge in [0.2, 0.25) is 0 Å². The second kappa shape index (κ2) is 6.84. The third-order valence-electron chi connectivity index (χ3n) is 3.94. The van der Waals surface area contributed by atoms with E-state index in [-0.39, 0.29) is 16.2 Å². The van der Waals surface area contributed by atoms with Crippen LogP contribution in [-0.4, -0.2) is 12.6 Å². The van der Waals surface area contributed by atoms with Crippen molar-refractivity contribution in [1.29, 1.82) is 0 Å². The van der Waals surface area contributed by atoms with Gasteiger partial charge in [-0.2, -0.15) is 0 Å². The minimum absolute atomic E-state index is 0.0956. The Morgan fingerprint density at radius 1 is 0.826 bits per heavy atom. The second-order valence-electron chi connectivity index (χ2n) is 9.26. The molecule has 0 aliphatic carbocycles. The SMILES string of the molecule is COC=C=Pc1c(C(C)(C)C)cc(C(C)(C)C)cc1C(C)(C)C. The zero-order valence-corrected chi connectivity index (χ0v) is 17.5. The molecule has 0 fully saturated rings. The van der Waals surface area contributed by atoms with Gasteiger partial charge in [0.15, 0.2) is 0 Å². The molecule has 0 N–H and O–H groups in total. The predicted octanol–water partition coefficient (Wildman–Crippen LogP) is 5.71. The fourth-order valence-corrected chi connectivity index (χ4v) is 3.80. The van der Waals surface area contributed by atoms with E-state index in [9.17, 15) is 0 Å². The van der Waals surface area contributed by atoms with Crippen LogP contribution in [-0.2, 0) is 21.0 Å². The van der Waals surface area contributed by atoms with Gasteiger partial charge in [0.25, 0.3) is 0 Å². The van der Waals surface area contributed by atoms with Crippen molar-refractivity contribution in [3.8, 4) is 0 Å². The van der Waals surface area contributed by atoms with E-state index in [1.54, 1.807) is 13.4 Å². The van der Waals surface area contributed by atoms with Crippen molar-refractivity contribution in [2.24, 2.45) is 0 Å². The molecule has 128 valence electrons. The van der Waals surface area contributed by atoms with Crippen molar-refractivity contribution in [3.63, 3.8) is 0 Å². The molecule has 0 bridgehead atoms. The molecule has 0 amide bonds. The Hall–Kier alpha value is -1.03. The van der Waals surface area contributed by atoms with Gasteiger partial charge in [0.05, 0.1) is 7.11 Å². The van der Waals surface area contributed by atoms with Crippen molar-refractivity contribution < 1.29 is 4.74 Å². The third kappa shape index (κ3) is 5.23. The highest BCUT2D eigenvalue weighted by Gasteiger charge is 2.28. The summed E-state index contributed by atoms with van der Waals surface area (Å²) < 4.78 is 5.05. The Kier molecular flexibility index (Phi) is 5.95. The fraction of sp³-hybridized carbons (Fsp3) is 0.619. The number of hydrogen-bond donors (Lipinski definition) is 0. The molecule has 1 nitrogen and oxygen atoms in total. The van der Waals surface area contributed by atoms with Crippen LogP contribution in [0.2, 0.25) is 0 Å². The van der Waals surface area contributed by atoms with E-state index in [1.807, 2.05) is 0 Å². The molecule has 1 aromatic carbocycles. The summed E-state index contributed by atoms with van der Waals surface area (Å²) >= 11 is 0. The monoisotopic (exact) mass is 332 g/mol. The maximum absolute atomic E-state index is 5.05. The molecular weight excluding hydrogens is 299 g/mol. The van der Waals surface area contributed by atoms with E-state index in [2.05, 4.69) is 79.9 Å². The lowest BCUT2D eigenvalue weighted by atomic mass is 9.75. The number of rotatable bonds is 2. The summed E-state index contributed by atoms with van der Waals surface area (Å²) in [5.41, 5.74) is 7.82. The third-order valence-corrected chi connectivity index (χ3v) is 4.88. The summed E-state index contributed by atoms with van der Waals surface area (Å²) in [6.07, 6.45) is 1.65. The normalized spacial score (nSPS) is 13.0. The van der Waals surface area contributed by atoms with Crippen LogP contribution in [0.4, 0.5) is 0 Å². The lowest BCUT2D eigenvalue weighted by Crippen LogP contribution is -2.29. The van der Waals surface area contributed by atoms with Crippen LogP contribution in [0.5, 0.6) is 0 Å². The standard InChI is InChI=1S/C21H33OP/c1-19(2,3)15-13-16(20(4,5)6)18(23-12-11-22-10)17(14-15)21(7,8)9/h11,13-14H,1-10H3. The molecule has 0 aliphatic heterocycles. The van der Waals surface area contributed by atoms with Gasteiger partial charge in [-0.3, -0.25) is 0 Å². The Morgan fingerprint density at radius 2 is 1.26 bits per heavy atom. The summed E-state index contributed by atoms with van der Waals surface area (Å²) in [7, 11) is 2.74. The first-order valence-electron chi connectivity index (χ1n) is 8.28. The van der Waals surface area contributed by atoms with Crippen molar-refractivity contribution in [3.05, 3.63) is 35.1 Å². The predicted molar refractivity (Wildman–Crippen MR) is 106 cm³/mol. The van der Waals surface area contributed by atoms with Crippen LogP contribution < -0.4 is 5.30 Å². The summed E-state index contributed by atoms with van der Waals surface area (Å²) in [5.74, 6) is 0. The van der Waals surface area contributed by atoms with Crippen molar-refractivity contribution in [1.82, 2.24) is 0 Å². The summed E-state index contributed by atoms with van der Waals surface area (Å²) in [6, 6.07) is 4.79. The van der Waals surface area contributed by atoms with E-state index in [0.717, 1.165) is 8.20 Å². The molecule has 2 heteroatoms. The second-order valence-corrected chi connectivity index (χ2v) is 10.2. The average molecular weight is 332 g/mol. The van der Waals surface area contributed by atoms with E-state index < -0.39 is 0 Å². The molecule has 1 aromatic rings. The maximum Gasteiger partial charge on any atom is 0.129 e. The molecule has 1 rings (SSSR count). The zero-order valence-electron chi connectivity index (χ0n) is 16.6. The molecule has 0 atom stereocenters. The summed E-state index contributed by atoms with van der Waals surface area (Å²) in [6.45, 7) is 20.6. The van der Waals surface area contributed by atoms with Crippen molar-refractivity contribution >= 4 is 19.0 Å². The molecular formula is C21H33OP. The van der Waals surface area contributed by atoms with Crippen LogP contribution in [0, 0.1) is 0 Å². The Balaban J connectivity index is 3.86. The van der Waals surface area contributed by atoms with E-state index >= 15 is 0 Å². The first-order chi connectivity index (χ1) is 10.3. The van der Waals surface area contributed by atoms with Crippen LogP contribution in [0.25, 0.3) is 0 Å². The van der Waals surface area contributed by atoms with E-state index in [0.29, 0.717) is 0 Å². The molecule has 0 unspecified atom stereocenters. The Labute approximate surface area is 145 Å². The van der Waals surface area contributed by atoms with Crippen molar-refractivity contribution in [2.45, 2.75) is 78.6 Å². The number of hydrogen-bond acceptors (Lipinski definition) is 1. The zero-order chi connectivity index (χ0) is 18.1. The van der Waals surface area contributed by atoms with Gasteiger partial charge in [0, 0.05) is 5.30 Å². The topological polar surface area (TPSA) is 9.23 Å². The van der Waals surface area contributed by atoms with E-state index in [1.165, 1.54) is 22.0 Å². The molecule has 23 heavy (non-hydrogen) atoms. The number of methoxy groups -OCH3 is 1. The highest BCUT2D eigenvalue weighted by Crippen LogP contribution is 2.34. The quantitative estimate of drug-likeness (QED) is 0.498. The lowest BCUT2D eigenvalue weighted by Gasteiger charge is -2.32. The smallest absolute Gasteiger partial charge is 0.129 e. The van der Waals surface area contributed by atoms with Crippen LogP contribution in [0.15, 0.2) is 18.4 Å². The molecule has 0 radical (unpaired) electrons. The Bertz CT molecular complexity index is 578. The minimum Gasteiger partial charge on any atom is -0.496 e. The largest absolute Gasteiger partial charge is 0.496 e. The molecule has 0 aliphatic rings. The average Bonchev–Trinajstić information content (AvgIpc) is 2.35. The van der Waals surface area contributed by atoms with Gasteiger partial charge >= 0.3 is 0 Å². The molecule has 0 saturated carbocycles. The summed E-state index contributed by atoms with van der Waals surface area (Å²) in [4.78, 5) is 0. The van der Waals surface area contributed by atoms with Gasteiger partial charge in [-0.1, -0.05) is 79.9 Å². The van der Waals surface area contributed by atoms with Gasteiger partial charge in [-0.25, -0.2) is 0 Å². The number of benzene rings is 1. The minimum atomic E-state index is 0.0956. The van der Waals surface area contributed by atoms with Gasteiger partial charge in [-0.15, -0.1) is 0 Å².